The molecule has 0 saturated carbocycles. The van der Waals surface area contributed by atoms with Crippen molar-refractivity contribution in [2.45, 2.75) is 26.8 Å². The number of nitrogens with zero attached hydrogens (tertiary/aromatic N) is 3. The zero-order valence-corrected chi connectivity index (χ0v) is 14.9. The lowest BCUT2D eigenvalue weighted by Crippen LogP contribution is -2.13. The average Bonchev–Trinajstić information content (AvgIpc) is 2.93. The topological polar surface area (TPSA) is 29.8 Å². The van der Waals surface area contributed by atoms with Crippen molar-refractivity contribution in [3.63, 3.8) is 0 Å². The monoisotopic (exact) mass is 323 g/mol. The van der Waals surface area contributed by atoms with E-state index in [0.29, 0.717) is 0 Å². The van der Waals surface area contributed by atoms with E-state index in [1.54, 1.807) is 0 Å². The SMILES string of the molecule is CCCOc1ccc(-c2nc3c(C)cccn3c2CN(C)C)cc1. The minimum Gasteiger partial charge on any atom is -0.494 e. The molecule has 0 aliphatic heterocycles. The summed E-state index contributed by atoms with van der Waals surface area (Å²) in [5, 5.41) is 0. The molecule has 0 bridgehead atoms. The number of fused-ring (bicyclic) bond motifs is 1. The third-order valence-corrected chi connectivity index (χ3v) is 4.01. The number of hydrogen-bond acceptors (Lipinski definition) is 3. The molecule has 3 aromatic rings. The van der Waals surface area contributed by atoms with Crippen LogP contribution in [0.15, 0.2) is 42.6 Å². The fourth-order valence-electron chi connectivity index (χ4n) is 2.86. The van der Waals surface area contributed by atoms with Crippen LogP contribution in [0.3, 0.4) is 0 Å². The molecule has 0 radical (unpaired) electrons. The van der Waals surface area contributed by atoms with Crippen LogP contribution < -0.4 is 4.74 Å². The standard InChI is InChI=1S/C20H25N3O/c1-5-13-24-17-10-8-16(9-11-17)19-18(14-22(3)4)23-12-6-7-15(2)20(23)21-19/h6-12H,5,13-14H2,1-4H3. The minimum absolute atomic E-state index is 0.749. The summed E-state index contributed by atoms with van der Waals surface area (Å²) < 4.78 is 7.89. The lowest BCUT2D eigenvalue weighted by Gasteiger charge is -2.12. The van der Waals surface area contributed by atoms with Gasteiger partial charge in [0.2, 0.25) is 0 Å². The quantitative estimate of drug-likeness (QED) is 0.682. The van der Waals surface area contributed by atoms with Crippen LogP contribution in [0.2, 0.25) is 0 Å². The van der Waals surface area contributed by atoms with Crippen molar-refractivity contribution in [1.82, 2.24) is 14.3 Å². The third-order valence-electron chi connectivity index (χ3n) is 4.01. The molecule has 126 valence electrons. The van der Waals surface area contributed by atoms with Crippen molar-refractivity contribution in [2.75, 3.05) is 20.7 Å². The summed E-state index contributed by atoms with van der Waals surface area (Å²) in [6.07, 6.45) is 3.11. The van der Waals surface area contributed by atoms with Crippen molar-refractivity contribution >= 4 is 5.65 Å². The Bertz CT molecular complexity index is 819. The Hall–Kier alpha value is -2.33. The molecular formula is C20H25N3O. The maximum absolute atomic E-state index is 5.69. The first-order valence-corrected chi connectivity index (χ1v) is 8.44. The molecule has 2 aromatic heterocycles. The predicted octanol–water partition coefficient (Wildman–Crippen LogP) is 4.16. The van der Waals surface area contributed by atoms with Gasteiger partial charge in [-0.05, 0) is 63.3 Å². The van der Waals surface area contributed by atoms with E-state index in [1.165, 1.54) is 11.3 Å². The van der Waals surface area contributed by atoms with Crippen molar-refractivity contribution < 1.29 is 4.74 Å². The first-order chi connectivity index (χ1) is 11.6. The Morgan fingerprint density at radius 2 is 1.88 bits per heavy atom. The second-order valence-electron chi connectivity index (χ2n) is 6.40. The van der Waals surface area contributed by atoms with Gasteiger partial charge in [0.1, 0.15) is 11.4 Å². The van der Waals surface area contributed by atoms with Crippen LogP contribution in [0, 0.1) is 6.92 Å². The highest BCUT2D eigenvalue weighted by Crippen LogP contribution is 2.28. The van der Waals surface area contributed by atoms with Gasteiger partial charge >= 0.3 is 0 Å². The molecular weight excluding hydrogens is 298 g/mol. The highest BCUT2D eigenvalue weighted by atomic mass is 16.5. The van der Waals surface area contributed by atoms with Gasteiger partial charge in [0, 0.05) is 18.3 Å². The van der Waals surface area contributed by atoms with Crippen LogP contribution in [-0.4, -0.2) is 35.0 Å². The second-order valence-corrected chi connectivity index (χ2v) is 6.40. The van der Waals surface area contributed by atoms with E-state index in [0.717, 1.165) is 42.2 Å². The molecule has 0 aliphatic rings. The van der Waals surface area contributed by atoms with Gasteiger partial charge in [0.05, 0.1) is 18.0 Å². The first kappa shape index (κ1) is 16.5. The lowest BCUT2D eigenvalue weighted by atomic mass is 10.1. The molecule has 0 fully saturated rings. The minimum atomic E-state index is 0.749. The molecule has 24 heavy (non-hydrogen) atoms. The Balaban J connectivity index is 2.06. The molecule has 0 atom stereocenters. The summed E-state index contributed by atoms with van der Waals surface area (Å²) >= 11 is 0. The molecule has 1 aromatic carbocycles. The summed E-state index contributed by atoms with van der Waals surface area (Å²) in [7, 11) is 4.17. The molecule has 0 unspecified atom stereocenters. The van der Waals surface area contributed by atoms with E-state index in [4.69, 9.17) is 9.72 Å². The number of imidazole rings is 1. The third kappa shape index (κ3) is 3.29. The van der Waals surface area contributed by atoms with Crippen LogP contribution in [0.4, 0.5) is 0 Å². The van der Waals surface area contributed by atoms with Gasteiger partial charge in [0.25, 0.3) is 0 Å². The molecule has 0 aliphatic carbocycles. The van der Waals surface area contributed by atoms with Crippen molar-refractivity contribution in [3.05, 3.63) is 53.9 Å². The number of rotatable bonds is 6. The molecule has 0 saturated heterocycles. The van der Waals surface area contributed by atoms with E-state index in [1.807, 2.05) is 12.1 Å². The summed E-state index contributed by atoms with van der Waals surface area (Å²) in [6, 6.07) is 12.4. The summed E-state index contributed by atoms with van der Waals surface area (Å²) in [5.41, 5.74) is 5.59. The Labute approximate surface area is 143 Å². The van der Waals surface area contributed by atoms with Gasteiger partial charge in [-0.25, -0.2) is 4.98 Å². The van der Waals surface area contributed by atoms with E-state index in [-0.39, 0.29) is 0 Å². The van der Waals surface area contributed by atoms with E-state index in [9.17, 15) is 0 Å². The van der Waals surface area contributed by atoms with Crippen LogP contribution in [0.1, 0.15) is 24.6 Å². The molecule has 4 nitrogen and oxygen atoms in total. The molecule has 0 amide bonds. The van der Waals surface area contributed by atoms with Gasteiger partial charge in [-0.1, -0.05) is 13.0 Å². The Morgan fingerprint density at radius 1 is 1.12 bits per heavy atom. The maximum atomic E-state index is 5.69. The van der Waals surface area contributed by atoms with Crippen LogP contribution in [-0.2, 0) is 6.54 Å². The van der Waals surface area contributed by atoms with E-state index < -0.39 is 0 Å². The maximum Gasteiger partial charge on any atom is 0.140 e. The van der Waals surface area contributed by atoms with Gasteiger partial charge in [-0.2, -0.15) is 0 Å². The number of ether oxygens (including phenoxy) is 1. The number of pyridine rings is 1. The molecule has 0 N–H and O–H groups in total. The van der Waals surface area contributed by atoms with Crippen LogP contribution in [0.25, 0.3) is 16.9 Å². The molecule has 3 rings (SSSR count). The van der Waals surface area contributed by atoms with E-state index in [2.05, 4.69) is 67.7 Å². The molecule has 4 heteroatoms. The highest BCUT2D eigenvalue weighted by Gasteiger charge is 2.15. The number of aromatic nitrogens is 2. The average molecular weight is 323 g/mol. The fraction of sp³-hybridized carbons (Fsp3) is 0.350. The highest BCUT2D eigenvalue weighted by molar-refractivity contribution is 5.68. The first-order valence-electron chi connectivity index (χ1n) is 8.44. The Kier molecular flexibility index (Phi) is 4.86. The fourth-order valence-corrected chi connectivity index (χ4v) is 2.86. The zero-order valence-electron chi connectivity index (χ0n) is 14.9. The smallest absolute Gasteiger partial charge is 0.140 e. The van der Waals surface area contributed by atoms with Crippen molar-refractivity contribution in [3.8, 4) is 17.0 Å². The predicted molar refractivity (Wildman–Crippen MR) is 98.5 cm³/mol. The summed E-state index contributed by atoms with van der Waals surface area (Å²) in [5.74, 6) is 0.912. The van der Waals surface area contributed by atoms with Crippen LogP contribution in [0.5, 0.6) is 5.75 Å². The van der Waals surface area contributed by atoms with Crippen molar-refractivity contribution in [2.24, 2.45) is 0 Å². The second kappa shape index (κ2) is 7.05. The number of aryl methyl sites for hydroxylation is 1. The summed E-state index contributed by atoms with van der Waals surface area (Å²) in [4.78, 5) is 7.10. The Morgan fingerprint density at radius 3 is 2.54 bits per heavy atom. The van der Waals surface area contributed by atoms with Gasteiger partial charge < -0.3 is 14.0 Å². The van der Waals surface area contributed by atoms with Gasteiger partial charge in [0.15, 0.2) is 0 Å². The number of hydrogen-bond donors (Lipinski definition) is 0. The lowest BCUT2D eigenvalue weighted by molar-refractivity contribution is 0.317. The van der Waals surface area contributed by atoms with Gasteiger partial charge in [-0.15, -0.1) is 0 Å². The molecule has 0 spiro atoms. The summed E-state index contributed by atoms with van der Waals surface area (Å²) in [6.45, 7) is 5.81. The van der Waals surface area contributed by atoms with Crippen LogP contribution >= 0.6 is 0 Å². The zero-order chi connectivity index (χ0) is 17.1. The number of benzene rings is 1. The molecule has 2 heterocycles. The van der Waals surface area contributed by atoms with E-state index >= 15 is 0 Å². The normalized spacial score (nSPS) is 11.4. The van der Waals surface area contributed by atoms with Crippen molar-refractivity contribution in [1.29, 1.82) is 0 Å². The van der Waals surface area contributed by atoms with Gasteiger partial charge in [-0.3, -0.25) is 0 Å². The largest absolute Gasteiger partial charge is 0.494 e.